The number of aldehydes is 1. The summed E-state index contributed by atoms with van der Waals surface area (Å²) < 4.78 is 12.9. The van der Waals surface area contributed by atoms with Crippen LogP contribution in [0.4, 0.5) is 5.69 Å². The molecular formula is C15H22N2O3S. The minimum atomic E-state index is 0.663. The fourth-order valence-corrected chi connectivity index (χ4v) is 2.95. The van der Waals surface area contributed by atoms with E-state index in [2.05, 4.69) is 9.21 Å². The zero-order chi connectivity index (χ0) is 15.1. The molecule has 0 bridgehead atoms. The number of carbonyl (C=O) groups excluding carboxylic acids is 1. The molecule has 1 aliphatic rings. The highest BCUT2D eigenvalue weighted by Gasteiger charge is 2.15. The van der Waals surface area contributed by atoms with E-state index in [0.717, 1.165) is 57.1 Å². The van der Waals surface area contributed by atoms with E-state index in [9.17, 15) is 4.79 Å². The van der Waals surface area contributed by atoms with E-state index >= 15 is 0 Å². The predicted octanol–water partition coefficient (Wildman–Crippen LogP) is 1.92. The van der Waals surface area contributed by atoms with Crippen molar-refractivity contribution in [1.29, 1.82) is 0 Å². The summed E-state index contributed by atoms with van der Waals surface area (Å²) in [6.07, 6.45) is 2.90. The third kappa shape index (κ3) is 4.36. The Morgan fingerprint density at radius 1 is 1.43 bits per heavy atom. The maximum absolute atomic E-state index is 11.0. The molecule has 6 heteroatoms. The van der Waals surface area contributed by atoms with Crippen LogP contribution in [0, 0.1) is 0 Å². The van der Waals surface area contributed by atoms with E-state index in [4.69, 9.17) is 9.47 Å². The maximum Gasteiger partial charge on any atom is 0.150 e. The molecule has 0 aromatic heterocycles. The van der Waals surface area contributed by atoms with Crippen molar-refractivity contribution in [3.05, 3.63) is 23.8 Å². The van der Waals surface area contributed by atoms with Crippen LogP contribution >= 0.6 is 11.9 Å². The molecule has 1 saturated heterocycles. The summed E-state index contributed by atoms with van der Waals surface area (Å²) in [6, 6.07) is 5.49. The Morgan fingerprint density at radius 3 is 2.81 bits per heavy atom. The first kappa shape index (κ1) is 16.1. The minimum Gasteiger partial charge on any atom is -0.495 e. The third-order valence-electron chi connectivity index (χ3n) is 3.55. The van der Waals surface area contributed by atoms with Crippen molar-refractivity contribution < 1.29 is 14.3 Å². The molecule has 21 heavy (non-hydrogen) atoms. The maximum atomic E-state index is 11.0. The first-order chi connectivity index (χ1) is 10.3. The molecule has 116 valence electrons. The lowest BCUT2D eigenvalue weighted by molar-refractivity contribution is 0.0395. The van der Waals surface area contributed by atoms with Crippen LogP contribution < -0.4 is 9.04 Å². The lowest BCUT2D eigenvalue weighted by Gasteiger charge is -2.30. The van der Waals surface area contributed by atoms with Crippen molar-refractivity contribution in [1.82, 2.24) is 4.90 Å². The lowest BCUT2D eigenvalue weighted by atomic mass is 10.2. The molecule has 0 unspecified atom stereocenters. The van der Waals surface area contributed by atoms with Gasteiger partial charge in [-0.05, 0) is 18.2 Å². The van der Waals surface area contributed by atoms with Crippen LogP contribution in [0.5, 0.6) is 5.75 Å². The summed E-state index contributed by atoms with van der Waals surface area (Å²) in [7, 11) is 1.65. The fourth-order valence-electron chi connectivity index (χ4n) is 2.34. The van der Waals surface area contributed by atoms with Gasteiger partial charge in [-0.15, -0.1) is 0 Å². The number of ether oxygens (including phenoxy) is 2. The molecule has 1 aromatic carbocycles. The number of carbonyl (C=O) groups is 1. The Hall–Kier alpha value is -1.24. The highest BCUT2D eigenvalue weighted by atomic mass is 32.2. The Labute approximate surface area is 130 Å². The van der Waals surface area contributed by atoms with Crippen molar-refractivity contribution in [2.75, 3.05) is 57.1 Å². The minimum absolute atomic E-state index is 0.663. The average molecular weight is 310 g/mol. The number of anilines is 1. The second-order valence-electron chi connectivity index (χ2n) is 4.79. The number of hydrogen-bond donors (Lipinski definition) is 0. The largest absolute Gasteiger partial charge is 0.495 e. The van der Waals surface area contributed by atoms with Gasteiger partial charge in [0, 0.05) is 38.0 Å². The zero-order valence-corrected chi connectivity index (χ0v) is 13.4. The van der Waals surface area contributed by atoms with Crippen LogP contribution in [0.25, 0.3) is 0 Å². The normalized spacial score (nSPS) is 15.7. The van der Waals surface area contributed by atoms with Gasteiger partial charge in [0.05, 0.1) is 26.0 Å². The van der Waals surface area contributed by atoms with Crippen molar-refractivity contribution >= 4 is 23.9 Å². The van der Waals surface area contributed by atoms with Gasteiger partial charge in [0.1, 0.15) is 12.0 Å². The number of morpholine rings is 1. The molecule has 0 spiro atoms. The molecule has 0 N–H and O–H groups in total. The molecule has 5 nitrogen and oxygen atoms in total. The Bertz CT molecular complexity index is 464. The van der Waals surface area contributed by atoms with Gasteiger partial charge in [-0.25, -0.2) is 0 Å². The third-order valence-corrected chi connectivity index (χ3v) is 4.37. The number of rotatable bonds is 7. The van der Waals surface area contributed by atoms with Gasteiger partial charge in [-0.1, -0.05) is 11.9 Å². The second kappa shape index (κ2) is 8.26. The van der Waals surface area contributed by atoms with Crippen molar-refractivity contribution in [2.45, 2.75) is 0 Å². The Morgan fingerprint density at radius 2 is 2.19 bits per heavy atom. The summed E-state index contributed by atoms with van der Waals surface area (Å²) in [4.78, 5) is 13.4. The van der Waals surface area contributed by atoms with Crippen molar-refractivity contribution in [2.24, 2.45) is 0 Å². The molecule has 1 aliphatic heterocycles. The average Bonchev–Trinajstić information content (AvgIpc) is 2.56. The first-order valence-corrected chi connectivity index (χ1v) is 8.21. The number of hydrogen-bond acceptors (Lipinski definition) is 6. The van der Waals surface area contributed by atoms with Gasteiger partial charge in [0.25, 0.3) is 0 Å². The van der Waals surface area contributed by atoms with E-state index in [1.54, 1.807) is 25.1 Å². The van der Waals surface area contributed by atoms with Gasteiger partial charge in [-0.3, -0.25) is 9.69 Å². The van der Waals surface area contributed by atoms with Gasteiger partial charge >= 0.3 is 0 Å². The summed E-state index contributed by atoms with van der Waals surface area (Å²) in [5.41, 5.74) is 1.61. The first-order valence-electron chi connectivity index (χ1n) is 7.03. The Balaban J connectivity index is 2.06. The predicted molar refractivity (Wildman–Crippen MR) is 86.5 cm³/mol. The molecule has 0 radical (unpaired) electrons. The SMILES string of the molecule is COc1ccc(C=O)cc1N(CCN1CCOCC1)SC. The molecule has 1 aromatic rings. The molecule has 2 rings (SSSR count). The van der Waals surface area contributed by atoms with Crippen LogP contribution in [-0.4, -0.2) is 63.9 Å². The summed E-state index contributed by atoms with van der Waals surface area (Å²) >= 11 is 1.64. The topological polar surface area (TPSA) is 42.0 Å². The van der Waals surface area contributed by atoms with Crippen LogP contribution in [0.2, 0.25) is 0 Å². The van der Waals surface area contributed by atoms with E-state index in [1.807, 2.05) is 18.4 Å². The standard InChI is InChI=1S/C15H22N2O3S/c1-19-15-4-3-13(12-18)11-14(15)17(21-2)6-5-16-7-9-20-10-8-16/h3-4,11-12H,5-10H2,1-2H3. The molecule has 0 saturated carbocycles. The molecule has 1 heterocycles. The molecule has 1 fully saturated rings. The van der Waals surface area contributed by atoms with Crippen LogP contribution in [0.3, 0.4) is 0 Å². The molecular weight excluding hydrogens is 288 g/mol. The van der Waals surface area contributed by atoms with Gasteiger partial charge in [0.15, 0.2) is 0 Å². The highest BCUT2D eigenvalue weighted by Crippen LogP contribution is 2.32. The number of methoxy groups -OCH3 is 1. The summed E-state index contributed by atoms with van der Waals surface area (Å²) in [5, 5.41) is 0. The Kier molecular flexibility index (Phi) is 6.35. The number of nitrogens with zero attached hydrogens (tertiary/aromatic N) is 2. The fraction of sp³-hybridized carbons (Fsp3) is 0.533. The monoisotopic (exact) mass is 310 g/mol. The second-order valence-corrected chi connectivity index (χ2v) is 5.59. The van der Waals surface area contributed by atoms with E-state index in [0.29, 0.717) is 5.56 Å². The van der Waals surface area contributed by atoms with E-state index < -0.39 is 0 Å². The van der Waals surface area contributed by atoms with Gasteiger partial charge in [0.2, 0.25) is 0 Å². The summed E-state index contributed by atoms with van der Waals surface area (Å²) in [6.45, 7) is 5.42. The quantitative estimate of drug-likeness (QED) is 0.566. The van der Waals surface area contributed by atoms with E-state index in [-0.39, 0.29) is 0 Å². The summed E-state index contributed by atoms with van der Waals surface area (Å²) in [5.74, 6) is 0.789. The van der Waals surface area contributed by atoms with E-state index in [1.165, 1.54) is 0 Å². The number of benzene rings is 1. The van der Waals surface area contributed by atoms with Gasteiger partial charge in [-0.2, -0.15) is 0 Å². The molecule has 0 atom stereocenters. The zero-order valence-electron chi connectivity index (χ0n) is 12.6. The van der Waals surface area contributed by atoms with Crippen molar-refractivity contribution in [3.8, 4) is 5.75 Å². The van der Waals surface area contributed by atoms with Gasteiger partial charge < -0.3 is 13.8 Å². The van der Waals surface area contributed by atoms with Crippen LogP contribution in [0.1, 0.15) is 10.4 Å². The molecule has 0 amide bonds. The van der Waals surface area contributed by atoms with Crippen LogP contribution in [-0.2, 0) is 4.74 Å². The molecule has 0 aliphatic carbocycles. The van der Waals surface area contributed by atoms with Crippen molar-refractivity contribution in [3.63, 3.8) is 0 Å². The smallest absolute Gasteiger partial charge is 0.150 e. The lowest BCUT2D eigenvalue weighted by Crippen LogP contribution is -2.40. The van der Waals surface area contributed by atoms with Crippen LogP contribution in [0.15, 0.2) is 18.2 Å². The highest BCUT2D eigenvalue weighted by molar-refractivity contribution is 7.99.